The Bertz CT molecular complexity index is 3140. The third-order valence-electron chi connectivity index (χ3n) is 14.8. The number of halogens is 1. The Morgan fingerprint density at radius 3 is 1.79 bits per heavy atom. The molecule has 1 unspecified atom stereocenters. The number of fused-ring (bicyclic) bond motifs is 1. The van der Waals surface area contributed by atoms with E-state index >= 15 is 0 Å². The highest BCUT2D eigenvalue weighted by atomic mass is 35.5. The van der Waals surface area contributed by atoms with Crippen LogP contribution in [0.1, 0.15) is 72.6 Å². The van der Waals surface area contributed by atoms with E-state index in [1.807, 2.05) is 51.1 Å². The standard InChI is InChI=1S/C57H73N17O7.ClH/c1-4-27-79-29-31-81-32-30-80-28-18-60-55-62-56(71-23-19-69(20-24-71)53(77)50(34-41-12-16-45(76)17-13-41)74-38-49(66-68-74)52(59)39(3)5-2)64-57(63-55)72-25-21-70(22-26-72)54(78)51(36-43-35-42-8-6-7-9-47(42)61-43)73-37-48(65-67-73)46(58)33-40-10-14-44(75)15-11-40;/h1,6-17,35,37-39,46,50-52,61,75-76H,5,18-34,36,58-59H2,2-3H3,(H,60,62,63,64);1H/t39?,46-,50-,51-,52-;/m0./s1. The maximum absolute atomic E-state index is 14.8. The normalized spacial score (nSPS) is 15.6. The van der Waals surface area contributed by atoms with Crippen LogP contribution in [-0.2, 0) is 43.1 Å². The third kappa shape index (κ3) is 15.7. The predicted molar refractivity (Wildman–Crippen MR) is 311 cm³/mol. The summed E-state index contributed by atoms with van der Waals surface area (Å²) in [6.45, 7) is 9.98. The van der Waals surface area contributed by atoms with E-state index in [1.54, 1.807) is 58.2 Å². The molecule has 9 rings (SSSR count). The molecule has 2 fully saturated rings. The number of ether oxygens (including phenoxy) is 3. The number of nitrogens with one attached hydrogen (secondary N) is 2. The highest BCUT2D eigenvalue weighted by Gasteiger charge is 2.34. The number of amides is 2. The summed E-state index contributed by atoms with van der Waals surface area (Å²) < 4.78 is 19.9. The van der Waals surface area contributed by atoms with Crippen LogP contribution in [0.4, 0.5) is 17.8 Å². The molecule has 5 atom stereocenters. The summed E-state index contributed by atoms with van der Waals surface area (Å²) in [5.74, 6) is 3.91. The van der Waals surface area contributed by atoms with Gasteiger partial charge in [0.05, 0.1) is 68.9 Å². The molecule has 8 N–H and O–H groups in total. The van der Waals surface area contributed by atoms with Crippen LogP contribution in [0, 0.1) is 18.3 Å². The van der Waals surface area contributed by atoms with E-state index in [9.17, 15) is 19.8 Å². The number of anilines is 3. The van der Waals surface area contributed by atoms with Gasteiger partial charge in [-0.25, -0.2) is 9.36 Å². The van der Waals surface area contributed by atoms with Gasteiger partial charge in [-0.2, -0.15) is 15.0 Å². The fourth-order valence-electron chi connectivity index (χ4n) is 9.84. The van der Waals surface area contributed by atoms with Gasteiger partial charge in [-0.05, 0) is 65.3 Å². The number of benzene rings is 3. The first-order valence-electron chi connectivity index (χ1n) is 27.6. The number of aromatic amines is 1. The van der Waals surface area contributed by atoms with Gasteiger partial charge in [0, 0.05) is 83.0 Å². The molecule has 3 aromatic carbocycles. The zero-order valence-electron chi connectivity index (χ0n) is 46.4. The molecule has 2 amide bonds. The van der Waals surface area contributed by atoms with Crippen molar-refractivity contribution in [3.8, 4) is 23.8 Å². The summed E-state index contributed by atoms with van der Waals surface area (Å²) in [5, 5.41) is 41.9. The highest BCUT2D eigenvalue weighted by molar-refractivity contribution is 5.85. The second kappa shape index (κ2) is 29.2. The number of piperazine rings is 2. The number of carbonyl (C=O) groups is 2. The second-order valence-electron chi connectivity index (χ2n) is 20.4. The van der Waals surface area contributed by atoms with Crippen molar-refractivity contribution in [2.75, 3.05) is 114 Å². The van der Waals surface area contributed by atoms with E-state index in [-0.39, 0.29) is 54.3 Å². The molecule has 2 aliphatic heterocycles. The Hall–Kier alpha value is -7.92. The summed E-state index contributed by atoms with van der Waals surface area (Å²) in [4.78, 5) is 55.5. The zero-order chi connectivity index (χ0) is 56.7. The number of phenolic OH excluding ortho intramolecular Hbond substituents is 2. The van der Waals surface area contributed by atoms with Crippen LogP contribution < -0.4 is 26.6 Å². The van der Waals surface area contributed by atoms with Crippen LogP contribution >= 0.6 is 12.4 Å². The largest absolute Gasteiger partial charge is 0.508 e. The number of hydrogen-bond acceptors (Lipinski definition) is 19. The molecule has 0 saturated carbocycles. The molecule has 0 bridgehead atoms. The summed E-state index contributed by atoms with van der Waals surface area (Å²) >= 11 is 0. The Balaban J connectivity index is 0.00000880. The zero-order valence-corrected chi connectivity index (χ0v) is 47.2. The molecule has 2 aliphatic rings. The van der Waals surface area contributed by atoms with E-state index in [4.69, 9.17) is 47.1 Å². The second-order valence-corrected chi connectivity index (χ2v) is 20.4. The lowest BCUT2D eigenvalue weighted by atomic mass is 9.98. The monoisotopic (exact) mass is 1140 g/mol. The van der Waals surface area contributed by atoms with Crippen LogP contribution in [0.25, 0.3) is 10.9 Å². The van der Waals surface area contributed by atoms with Crippen molar-refractivity contribution in [2.45, 2.75) is 63.7 Å². The minimum absolute atomic E-state index is 0. The van der Waals surface area contributed by atoms with Crippen LogP contribution in [0.2, 0.25) is 0 Å². The molecular formula is C57H74ClN17O7. The predicted octanol–water partition coefficient (Wildman–Crippen LogP) is 4.02. The van der Waals surface area contributed by atoms with Crippen LogP contribution in [0.5, 0.6) is 11.5 Å². The first kappa shape index (κ1) is 60.2. The number of aromatic nitrogens is 10. The van der Waals surface area contributed by atoms with Gasteiger partial charge in [-0.1, -0.05) is 79.1 Å². The summed E-state index contributed by atoms with van der Waals surface area (Å²) in [5.41, 5.74) is 18.0. The number of phenols is 2. The van der Waals surface area contributed by atoms with Crippen molar-refractivity contribution in [3.05, 3.63) is 119 Å². The molecule has 25 heteroatoms. The Morgan fingerprint density at radius 2 is 1.22 bits per heavy atom. The molecule has 82 heavy (non-hydrogen) atoms. The van der Waals surface area contributed by atoms with Gasteiger partial charge in [0.25, 0.3) is 0 Å². The number of aromatic hydroxyl groups is 2. The lowest BCUT2D eigenvalue weighted by Gasteiger charge is -2.38. The van der Waals surface area contributed by atoms with Gasteiger partial charge in [-0.15, -0.1) is 29.0 Å². The topological polar surface area (TPSA) is 295 Å². The first-order chi connectivity index (χ1) is 39.4. The van der Waals surface area contributed by atoms with Crippen LogP contribution in [-0.4, -0.2) is 180 Å². The molecule has 4 aromatic heterocycles. The van der Waals surface area contributed by atoms with Gasteiger partial charge >= 0.3 is 0 Å². The van der Waals surface area contributed by atoms with Crippen molar-refractivity contribution in [2.24, 2.45) is 17.4 Å². The van der Waals surface area contributed by atoms with Crippen LogP contribution in [0.3, 0.4) is 0 Å². The van der Waals surface area contributed by atoms with E-state index in [1.165, 1.54) is 0 Å². The molecule has 0 spiro atoms. The number of H-pyrrole nitrogens is 1. The Morgan fingerprint density at radius 1 is 0.695 bits per heavy atom. The Kier molecular flexibility index (Phi) is 21.4. The van der Waals surface area contributed by atoms with Gasteiger partial charge in [0.2, 0.25) is 29.7 Å². The highest BCUT2D eigenvalue weighted by Crippen LogP contribution is 2.28. The lowest BCUT2D eigenvalue weighted by Crippen LogP contribution is -2.52. The maximum atomic E-state index is 14.8. The summed E-state index contributed by atoms with van der Waals surface area (Å²) in [6, 6.07) is 21.5. The molecule has 0 radical (unpaired) electrons. The number of nitrogens with zero attached hydrogens (tertiary/aromatic N) is 13. The van der Waals surface area contributed by atoms with Gasteiger partial charge in [-0.3, -0.25) is 9.59 Å². The van der Waals surface area contributed by atoms with E-state index in [2.05, 4.69) is 61.7 Å². The smallest absolute Gasteiger partial charge is 0.248 e. The third-order valence-corrected chi connectivity index (χ3v) is 14.8. The molecule has 7 aromatic rings. The molecule has 436 valence electrons. The summed E-state index contributed by atoms with van der Waals surface area (Å²) in [7, 11) is 0. The number of hydrogen-bond donors (Lipinski definition) is 6. The average molecular weight is 1140 g/mol. The van der Waals surface area contributed by atoms with Crippen molar-refractivity contribution in [3.63, 3.8) is 0 Å². The van der Waals surface area contributed by atoms with Gasteiger partial charge in [0.1, 0.15) is 30.2 Å². The maximum Gasteiger partial charge on any atom is 0.248 e. The number of carbonyl (C=O) groups excluding carboxylic acids is 2. The molecule has 2 saturated heterocycles. The number of terminal acetylenes is 1. The number of para-hydroxylation sites is 1. The molecule has 0 aliphatic carbocycles. The average Bonchev–Trinajstić information content (AvgIpc) is 4.46. The fraction of sp³-hybridized carbons (Fsp3) is 0.456. The van der Waals surface area contributed by atoms with E-state index < -0.39 is 18.1 Å². The molecule has 24 nitrogen and oxygen atoms in total. The minimum Gasteiger partial charge on any atom is -0.508 e. The summed E-state index contributed by atoms with van der Waals surface area (Å²) in [6.07, 6.45) is 10.8. The van der Waals surface area contributed by atoms with Crippen LogP contribution in [0.15, 0.2) is 91.3 Å². The van der Waals surface area contributed by atoms with Crippen molar-refractivity contribution >= 4 is 53.0 Å². The van der Waals surface area contributed by atoms with Gasteiger partial charge < -0.3 is 65.8 Å². The van der Waals surface area contributed by atoms with E-state index in [0.29, 0.717) is 140 Å². The number of nitrogens with two attached hydrogens (primary N) is 2. The van der Waals surface area contributed by atoms with Crippen molar-refractivity contribution < 1.29 is 34.0 Å². The van der Waals surface area contributed by atoms with Crippen molar-refractivity contribution in [1.82, 2.24) is 59.7 Å². The SMILES string of the molecule is C#CCOCCOCCOCCNc1nc(N2CCN(C(=O)[C@H](Cc3ccc(O)cc3)n3cc([C@@H](N)C(C)CC)nn3)CC2)nc(N2CCN(C(=O)[C@H](Cc3cc4ccccc4[nH]3)n3cc([C@@H](N)Cc4ccc(O)cc4)nn3)CC2)n1.Cl. The lowest BCUT2D eigenvalue weighted by molar-refractivity contribution is -0.136. The quantitative estimate of drug-likeness (QED) is 0.0313. The molecular weight excluding hydrogens is 1070 g/mol. The van der Waals surface area contributed by atoms with Crippen molar-refractivity contribution in [1.29, 1.82) is 0 Å². The number of rotatable bonds is 27. The van der Waals surface area contributed by atoms with E-state index in [0.717, 1.165) is 34.1 Å². The Labute approximate surface area is 482 Å². The van der Waals surface area contributed by atoms with Gasteiger partial charge in [0.15, 0.2) is 0 Å². The first-order valence-corrected chi connectivity index (χ1v) is 27.6. The molecule has 6 heterocycles. The fourth-order valence-corrected chi connectivity index (χ4v) is 9.84. The minimum atomic E-state index is -0.733.